The summed E-state index contributed by atoms with van der Waals surface area (Å²) in [6.45, 7) is 2.83. The maximum Gasteiger partial charge on any atom is 0.418 e. The maximum atomic E-state index is 13.8. The van der Waals surface area contributed by atoms with Crippen LogP contribution in [0, 0.1) is 25.5 Å². The molecule has 0 aliphatic rings. The molecule has 0 aliphatic carbocycles. The number of ether oxygens (including phenoxy) is 1. The molecule has 36 heavy (non-hydrogen) atoms. The summed E-state index contributed by atoms with van der Waals surface area (Å²) in [5, 5.41) is 2.69. The lowest BCUT2D eigenvalue weighted by Crippen LogP contribution is -2.15. The van der Waals surface area contributed by atoms with Gasteiger partial charge in [-0.15, -0.1) is 0 Å². The van der Waals surface area contributed by atoms with Crippen molar-refractivity contribution in [2.24, 2.45) is 0 Å². The number of hydrogen-bond acceptors (Lipinski definition) is 2. The topological polar surface area (TPSA) is 43.3 Å². The molecule has 1 N–H and O–H groups in total. The number of amides is 1. The summed E-state index contributed by atoms with van der Waals surface area (Å²) >= 11 is 0. The zero-order valence-corrected chi connectivity index (χ0v) is 19.3. The Balaban J connectivity index is 1.55. The number of anilines is 1. The Morgan fingerprint density at radius 3 is 2.28 bits per heavy atom. The zero-order valence-electron chi connectivity index (χ0n) is 19.3. The van der Waals surface area contributed by atoms with Crippen molar-refractivity contribution in [1.29, 1.82) is 0 Å². The van der Waals surface area contributed by atoms with Gasteiger partial charge in [0.05, 0.1) is 22.4 Å². The fourth-order valence-electron chi connectivity index (χ4n) is 3.96. The van der Waals surface area contributed by atoms with Crippen molar-refractivity contribution >= 4 is 11.6 Å². The van der Waals surface area contributed by atoms with Gasteiger partial charge in [-0.3, -0.25) is 4.79 Å². The SMILES string of the molecule is Cc1cc(C(=O)Nc2cccc(OCc3c(F)cccc3F)c2)c(C)n1-c1ccccc1C(F)(F)F. The summed E-state index contributed by atoms with van der Waals surface area (Å²) in [4.78, 5) is 13.0. The Kier molecular flexibility index (Phi) is 6.83. The van der Waals surface area contributed by atoms with Crippen LogP contribution in [0.1, 0.15) is 32.9 Å². The van der Waals surface area contributed by atoms with Gasteiger partial charge in [-0.05, 0) is 56.3 Å². The standard InChI is InChI=1S/C27H21F5N2O2/c1-16-13-20(17(2)34(16)25-12-4-3-9-22(25)27(30,31)32)26(35)33-18-7-5-8-19(14-18)36-15-21-23(28)10-6-11-24(21)29/h3-14H,15H2,1-2H3,(H,33,35). The molecule has 4 aromatic rings. The molecule has 0 bridgehead atoms. The summed E-state index contributed by atoms with van der Waals surface area (Å²) in [5.74, 6) is -1.74. The summed E-state index contributed by atoms with van der Waals surface area (Å²) < 4.78 is 75.2. The van der Waals surface area contributed by atoms with E-state index >= 15 is 0 Å². The third kappa shape index (κ3) is 5.10. The molecule has 4 rings (SSSR count). The third-order valence-corrected chi connectivity index (χ3v) is 5.66. The molecule has 1 amide bonds. The molecule has 4 nitrogen and oxygen atoms in total. The first kappa shape index (κ1) is 25.0. The Morgan fingerprint density at radius 2 is 1.58 bits per heavy atom. The monoisotopic (exact) mass is 500 g/mol. The van der Waals surface area contributed by atoms with Gasteiger partial charge >= 0.3 is 6.18 Å². The summed E-state index contributed by atoms with van der Waals surface area (Å²) in [5.41, 5.74) is 0.224. The highest BCUT2D eigenvalue weighted by molar-refractivity contribution is 6.05. The Hall–Kier alpha value is -4.14. The second-order valence-corrected chi connectivity index (χ2v) is 8.11. The molecule has 0 fully saturated rings. The van der Waals surface area contributed by atoms with E-state index in [-0.39, 0.29) is 29.2 Å². The lowest BCUT2D eigenvalue weighted by atomic mass is 10.1. The van der Waals surface area contributed by atoms with E-state index in [0.29, 0.717) is 17.1 Å². The second kappa shape index (κ2) is 9.85. The van der Waals surface area contributed by atoms with E-state index in [9.17, 15) is 26.7 Å². The van der Waals surface area contributed by atoms with E-state index < -0.39 is 29.3 Å². The molecule has 3 aromatic carbocycles. The number of aryl methyl sites for hydroxylation is 1. The van der Waals surface area contributed by atoms with Gasteiger partial charge in [0, 0.05) is 23.1 Å². The number of aromatic nitrogens is 1. The number of carbonyl (C=O) groups is 1. The van der Waals surface area contributed by atoms with Crippen LogP contribution in [0.5, 0.6) is 5.75 Å². The number of rotatable bonds is 6. The number of alkyl halides is 3. The molecule has 0 saturated carbocycles. The van der Waals surface area contributed by atoms with Crippen LogP contribution >= 0.6 is 0 Å². The molecular weight excluding hydrogens is 479 g/mol. The Morgan fingerprint density at radius 1 is 0.917 bits per heavy atom. The molecule has 0 radical (unpaired) electrons. The van der Waals surface area contributed by atoms with Crippen LogP contribution in [0.3, 0.4) is 0 Å². The lowest BCUT2D eigenvalue weighted by molar-refractivity contribution is -0.137. The van der Waals surface area contributed by atoms with Crippen LogP contribution in [0.2, 0.25) is 0 Å². The van der Waals surface area contributed by atoms with Crippen molar-refractivity contribution in [1.82, 2.24) is 4.57 Å². The molecule has 1 aromatic heterocycles. The predicted octanol–water partition coefficient (Wildman–Crippen LogP) is 7.22. The van der Waals surface area contributed by atoms with Gasteiger partial charge in [0.25, 0.3) is 5.91 Å². The number of nitrogens with one attached hydrogen (secondary N) is 1. The van der Waals surface area contributed by atoms with Gasteiger partial charge in [-0.25, -0.2) is 8.78 Å². The summed E-state index contributed by atoms with van der Waals surface area (Å²) in [6, 6.07) is 16.4. The van der Waals surface area contributed by atoms with Gasteiger partial charge in [0.15, 0.2) is 0 Å². The largest absolute Gasteiger partial charge is 0.489 e. The quantitative estimate of drug-likeness (QED) is 0.284. The van der Waals surface area contributed by atoms with Crippen LogP contribution in [0.4, 0.5) is 27.6 Å². The molecule has 186 valence electrons. The summed E-state index contributed by atoms with van der Waals surface area (Å²) in [6.07, 6.45) is -4.56. The summed E-state index contributed by atoms with van der Waals surface area (Å²) in [7, 11) is 0. The van der Waals surface area contributed by atoms with Gasteiger partial charge < -0.3 is 14.6 Å². The molecule has 0 aliphatic heterocycles. The fraction of sp³-hybridized carbons (Fsp3) is 0.148. The smallest absolute Gasteiger partial charge is 0.418 e. The minimum absolute atomic E-state index is 0.0742. The molecule has 0 atom stereocenters. The lowest BCUT2D eigenvalue weighted by Gasteiger charge is -2.17. The van der Waals surface area contributed by atoms with Crippen molar-refractivity contribution in [2.45, 2.75) is 26.6 Å². The minimum atomic E-state index is -4.56. The molecule has 0 unspecified atom stereocenters. The van der Waals surface area contributed by atoms with Crippen LogP contribution in [0.25, 0.3) is 5.69 Å². The van der Waals surface area contributed by atoms with Crippen LogP contribution in [-0.4, -0.2) is 10.5 Å². The van der Waals surface area contributed by atoms with Crippen LogP contribution in [-0.2, 0) is 12.8 Å². The first-order valence-corrected chi connectivity index (χ1v) is 10.9. The molecular formula is C27H21F5N2O2. The average Bonchev–Trinajstić information content (AvgIpc) is 3.12. The van der Waals surface area contributed by atoms with E-state index in [2.05, 4.69) is 5.32 Å². The molecule has 0 saturated heterocycles. The van der Waals surface area contributed by atoms with Crippen molar-refractivity contribution in [3.8, 4) is 11.4 Å². The number of carbonyl (C=O) groups excluding carboxylic acids is 1. The van der Waals surface area contributed by atoms with Crippen LogP contribution in [0.15, 0.2) is 72.8 Å². The number of halogens is 5. The second-order valence-electron chi connectivity index (χ2n) is 8.11. The molecule has 9 heteroatoms. The van der Waals surface area contributed by atoms with Crippen molar-refractivity contribution in [3.63, 3.8) is 0 Å². The number of para-hydroxylation sites is 1. The van der Waals surface area contributed by atoms with Gasteiger partial charge in [0.1, 0.15) is 24.0 Å². The number of nitrogens with zero attached hydrogens (tertiary/aromatic N) is 1. The van der Waals surface area contributed by atoms with Gasteiger partial charge in [-0.1, -0.05) is 24.3 Å². The highest BCUT2D eigenvalue weighted by atomic mass is 19.4. The predicted molar refractivity (Wildman–Crippen MR) is 125 cm³/mol. The Bertz CT molecular complexity index is 1410. The first-order valence-electron chi connectivity index (χ1n) is 10.9. The van der Waals surface area contributed by atoms with E-state index in [1.165, 1.54) is 41.0 Å². The first-order chi connectivity index (χ1) is 17.1. The molecule has 1 heterocycles. The normalized spacial score (nSPS) is 11.4. The maximum absolute atomic E-state index is 13.8. The van der Waals surface area contributed by atoms with Crippen LogP contribution < -0.4 is 10.1 Å². The fourth-order valence-corrected chi connectivity index (χ4v) is 3.96. The zero-order chi connectivity index (χ0) is 26.0. The van der Waals surface area contributed by atoms with Crippen molar-refractivity contribution in [2.75, 3.05) is 5.32 Å². The van der Waals surface area contributed by atoms with Crippen molar-refractivity contribution < 1.29 is 31.5 Å². The number of benzene rings is 3. The van der Waals surface area contributed by atoms with Gasteiger partial charge in [-0.2, -0.15) is 13.2 Å². The van der Waals surface area contributed by atoms with E-state index in [0.717, 1.165) is 18.2 Å². The third-order valence-electron chi connectivity index (χ3n) is 5.66. The van der Waals surface area contributed by atoms with E-state index in [4.69, 9.17) is 4.74 Å². The van der Waals surface area contributed by atoms with Gasteiger partial charge in [0.2, 0.25) is 0 Å². The number of hydrogen-bond donors (Lipinski definition) is 1. The minimum Gasteiger partial charge on any atom is -0.489 e. The average molecular weight is 500 g/mol. The van der Waals surface area contributed by atoms with E-state index in [1.807, 2.05) is 0 Å². The Labute approximate surface area is 203 Å². The van der Waals surface area contributed by atoms with Crippen molar-refractivity contribution in [3.05, 3.63) is 113 Å². The van der Waals surface area contributed by atoms with E-state index in [1.54, 1.807) is 32.0 Å². The highest BCUT2D eigenvalue weighted by Crippen LogP contribution is 2.35. The molecule has 0 spiro atoms. The highest BCUT2D eigenvalue weighted by Gasteiger charge is 2.34.